The smallest absolute Gasteiger partial charge is 0.0650 e. The average molecular weight is 209 g/mol. The van der Waals surface area contributed by atoms with Gasteiger partial charge in [-0.2, -0.15) is 0 Å². The van der Waals surface area contributed by atoms with Gasteiger partial charge in [0.2, 0.25) is 0 Å². The van der Waals surface area contributed by atoms with Gasteiger partial charge in [0.1, 0.15) is 0 Å². The van der Waals surface area contributed by atoms with Crippen molar-refractivity contribution in [3.05, 3.63) is 41.4 Å². The van der Waals surface area contributed by atoms with Gasteiger partial charge in [0.15, 0.2) is 0 Å². The second kappa shape index (κ2) is 3.84. The number of para-hydroxylation sites is 1. The van der Waals surface area contributed by atoms with Gasteiger partial charge in [-0.3, -0.25) is 0 Å². The number of rotatable bonds is 0. The lowest BCUT2D eigenvalue weighted by Gasteiger charge is -2.08. The summed E-state index contributed by atoms with van der Waals surface area (Å²) in [4.78, 5) is 0. The largest absolute Gasteiger partial charge is 0.348 e. The van der Waals surface area contributed by atoms with Gasteiger partial charge in [-0.05, 0) is 19.1 Å². The normalized spacial score (nSPS) is 9.86. The number of aromatic nitrogens is 1. The van der Waals surface area contributed by atoms with Crippen LogP contribution in [0.1, 0.15) is 5.69 Å². The van der Waals surface area contributed by atoms with Gasteiger partial charge in [-0.25, -0.2) is 0 Å². The van der Waals surface area contributed by atoms with Gasteiger partial charge in [0.25, 0.3) is 0 Å². The number of hydrogen-bond donors (Lipinski definition) is 1. The predicted octanol–water partition coefficient (Wildman–Crippen LogP) is 2.39. The predicted molar refractivity (Wildman–Crippen MR) is 60.8 cm³/mol. The van der Waals surface area contributed by atoms with Gasteiger partial charge in [-0.15, -0.1) is 12.4 Å². The van der Waals surface area contributed by atoms with Crippen molar-refractivity contribution in [1.29, 1.82) is 5.41 Å². The number of pyridine rings is 1. The monoisotopic (exact) mass is 208 g/mol. The number of fused-ring (bicyclic) bond motifs is 1. The molecule has 1 aromatic carbocycles. The van der Waals surface area contributed by atoms with Crippen LogP contribution in [0.25, 0.3) is 10.9 Å². The third-order valence-electron chi connectivity index (χ3n) is 2.44. The molecule has 0 fully saturated rings. The highest BCUT2D eigenvalue weighted by Crippen LogP contribution is 2.09. The van der Waals surface area contributed by atoms with E-state index in [2.05, 4.69) is 4.57 Å². The summed E-state index contributed by atoms with van der Waals surface area (Å²) in [7, 11) is 2.02. The molecule has 0 aliphatic rings. The fourth-order valence-corrected chi connectivity index (χ4v) is 1.57. The Morgan fingerprint density at radius 3 is 2.57 bits per heavy atom. The topological polar surface area (TPSA) is 28.8 Å². The van der Waals surface area contributed by atoms with Crippen LogP contribution in [-0.2, 0) is 7.05 Å². The molecule has 0 aliphatic carbocycles. The first-order chi connectivity index (χ1) is 6.20. The Labute approximate surface area is 89.1 Å². The van der Waals surface area contributed by atoms with Crippen molar-refractivity contribution < 1.29 is 0 Å². The molecular formula is C11H13ClN2. The lowest BCUT2D eigenvalue weighted by molar-refractivity contribution is 0.894. The van der Waals surface area contributed by atoms with Crippen LogP contribution in [0.4, 0.5) is 0 Å². The molecule has 0 atom stereocenters. The molecule has 1 N–H and O–H groups in total. The Hall–Kier alpha value is -1.28. The van der Waals surface area contributed by atoms with Crippen LogP contribution >= 0.6 is 12.4 Å². The first kappa shape index (κ1) is 10.8. The number of hydrogen-bond acceptors (Lipinski definition) is 1. The molecule has 0 radical (unpaired) electrons. The summed E-state index contributed by atoms with van der Waals surface area (Å²) in [5, 5.41) is 9.40. The highest BCUT2D eigenvalue weighted by atomic mass is 35.5. The molecule has 0 bridgehead atoms. The van der Waals surface area contributed by atoms with E-state index in [1.54, 1.807) is 0 Å². The van der Waals surface area contributed by atoms with E-state index in [-0.39, 0.29) is 12.4 Å². The molecule has 2 rings (SSSR count). The fourth-order valence-electron chi connectivity index (χ4n) is 1.57. The maximum absolute atomic E-state index is 7.79. The Morgan fingerprint density at radius 1 is 1.21 bits per heavy atom. The fraction of sp³-hybridized carbons (Fsp3) is 0.182. The van der Waals surface area contributed by atoms with E-state index in [0.717, 1.165) is 16.6 Å². The van der Waals surface area contributed by atoms with E-state index < -0.39 is 0 Å². The summed E-state index contributed by atoms with van der Waals surface area (Å²) < 4.78 is 2.10. The molecule has 0 aliphatic heterocycles. The quantitative estimate of drug-likeness (QED) is 0.689. The molecule has 14 heavy (non-hydrogen) atoms. The molecule has 0 unspecified atom stereocenters. The number of nitrogens with one attached hydrogen (secondary N) is 1. The molecule has 2 nitrogen and oxygen atoms in total. The van der Waals surface area contributed by atoms with Gasteiger partial charge in [0.05, 0.1) is 10.9 Å². The van der Waals surface area contributed by atoms with Crippen LogP contribution in [-0.4, -0.2) is 4.57 Å². The molecule has 1 heterocycles. The molecule has 74 valence electrons. The molecule has 0 saturated heterocycles. The third-order valence-corrected chi connectivity index (χ3v) is 2.44. The van der Waals surface area contributed by atoms with Crippen molar-refractivity contribution in [3.8, 4) is 0 Å². The van der Waals surface area contributed by atoms with Crippen molar-refractivity contribution in [2.24, 2.45) is 7.05 Å². The summed E-state index contributed by atoms with van der Waals surface area (Å²) in [5.41, 5.74) is 2.23. The molecular weight excluding hydrogens is 196 g/mol. The van der Waals surface area contributed by atoms with Crippen molar-refractivity contribution in [3.63, 3.8) is 0 Å². The first-order valence-electron chi connectivity index (χ1n) is 4.30. The second-order valence-electron chi connectivity index (χ2n) is 3.28. The molecule has 0 spiro atoms. The minimum Gasteiger partial charge on any atom is -0.348 e. The summed E-state index contributed by atoms with van der Waals surface area (Å²) >= 11 is 0. The molecule has 0 saturated carbocycles. The zero-order valence-corrected chi connectivity index (χ0v) is 9.06. The minimum absolute atomic E-state index is 0. The number of benzene rings is 1. The van der Waals surface area contributed by atoms with Crippen LogP contribution in [0.3, 0.4) is 0 Å². The van der Waals surface area contributed by atoms with Crippen molar-refractivity contribution in [2.75, 3.05) is 0 Å². The van der Waals surface area contributed by atoms with Crippen LogP contribution in [0.15, 0.2) is 30.3 Å². The van der Waals surface area contributed by atoms with Crippen LogP contribution in [0, 0.1) is 12.3 Å². The van der Waals surface area contributed by atoms with Gasteiger partial charge in [-0.1, -0.05) is 18.2 Å². The highest BCUT2D eigenvalue weighted by molar-refractivity contribution is 5.85. The number of aryl methyl sites for hydroxylation is 2. The van der Waals surface area contributed by atoms with E-state index in [0.29, 0.717) is 5.36 Å². The standard InChI is InChI=1S/C11H12N2.ClH/c1-8-7-10(12)9-5-3-4-6-11(9)13(8)2;/h3-7,12H,1-2H3;1H. The van der Waals surface area contributed by atoms with E-state index >= 15 is 0 Å². The van der Waals surface area contributed by atoms with Gasteiger partial charge in [0, 0.05) is 18.1 Å². The van der Waals surface area contributed by atoms with E-state index in [4.69, 9.17) is 5.41 Å². The average Bonchev–Trinajstić information content (AvgIpc) is 2.15. The maximum Gasteiger partial charge on any atom is 0.0650 e. The maximum atomic E-state index is 7.79. The molecule has 0 amide bonds. The Kier molecular flexibility index (Phi) is 2.96. The lowest BCUT2D eigenvalue weighted by Crippen LogP contribution is -2.08. The van der Waals surface area contributed by atoms with Crippen LogP contribution < -0.4 is 5.36 Å². The van der Waals surface area contributed by atoms with E-state index in [9.17, 15) is 0 Å². The van der Waals surface area contributed by atoms with E-state index in [1.807, 2.05) is 44.3 Å². The van der Waals surface area contributed by atoms with Gasteiger partial charge < -0.3 is 9.98 Å². The van der Waals surface area contributed by atoms with Crippen molar-refractivity contribution >= 4 is 23.3 Å². The summed E-state index contributed by atoms with van der Waals surface area (Å²) in [6, 6.07) is 9.89. The molecule has 1 aromatic heterocycles. The third kappa shape index (κ3) is 1.53. The first-order valence-corrected chi connectivity index (χ1v) is 4.30. The summed E-state index contributed by atoms with van der Waals surface area (Å²) in [5.74, 6) is 0. The zero-order chi connectivity index (χ0) is 9.42. The van der Waals surface area contributed by atoms with Crippen LogP contribution in [0.5, 0.6) is 0 Å². The Balaban J connectivity index is 0.000000980. The number of nitrogens with zero attached hydrogens (tertiary/aromatic N) is 1. The Morgan fingerprint density at radius 2 is 1.86 bits per heavy atom. The van der Waals surface area contributed by atoms with Crippen molar-refractivity contribution in [1.82, 2.24) is 4.57 Å². The van der Waals surface area contributed by atoms with Gasteiger partial charge >= 0.3 is 0 Å². The lowest BCUT2D eigenvalue weighted by atomic mass is 10.2. The molecule has 2 aromatic rings. The zero-order valence-electron chi connectivity index (χ0n) is 8.24. The van der Waals surface area contributed by atoms with Crippen LogP contribution in [0.2, 0.25) is 0 Å². The summed E-state index contributed by atoms with van der Waals surface area (Å²) in [6.45, 7) is 2.02. The highest BCUT2D eigenvalue weighted by Gasteiger charge is 1.98. The number of halogens is 1. The minimum atomic E-state index is 0. The SMILES string of the molecule is Cc1cc(=N)c2ccccc2n1C.Cl. The molecule has 3 heteroatoms. The summed E-state index contributed by atoms with van der Waals surface area (Å²) in [6.07, 6.45) is 0. The second-order valence-corrected chi connectivity index (χ2v) is 3.28. The Bertz CT molecular complexity index is 514. The van der Waals surface area contributed by atoms with Crippen molar-refractivity contribution in [2.45, 2.75) is 6.92 Å². The van der Waals surface area contributed by atoms with E-state index in [1.165, 1.54) is 0 Å².